The summed E-state index contributed by atoms with van der Waals surface area (Å²) in [6.07, 6.45) is 7.39. The average Bonchev–Trinajstić information content (AvgIpc) is 2.67. The summed E-state index contributed by atoms with van der Waals surface area (Å²) in [5, 5.41) is 1.11. The molecule has 1 unspecified atom stereocenters. The minimum atomic E-state index is 0.499. The molecule has 4 heteroatoms. The van der Waals surface area contributed by atoms with Crippen LogP contribution in [0.5, 0.6) is 5.75 Å². The first kappa shape index (κ1) is 15.9. The van der Waals surface area contributed by atoms with Gasteiger partial charge in [-0.15, -0.1) is 0 Å². The van der Waals surface area contributed by atoms with Crippen LogP contribution in [-0.4, -0.2) is 22.6 Å². The van der Waals surface area contributed by atoms with Gasteiger partial charge in [0.25, 0.3) is 0 Å². The summed E-state index contributed by atoms with van der Waals surface area (Å²) >= 11 is 0. The Morgan fingerprint density at radius 1 is 1.12 bits per heavy atom. The monoisotopic (exact) mass is 333 g/mol. The van der Waals surface area contributed by atoms with E-state index in [2.05, 4.69) is 35.0 Å². The smallest absolute Gasteiger partial charge is 0.146 e. The van der Waals surface area contributed by atoms with Crippen molar-refractivity contribution < 1.29 is 4.74 Å². The molecule has 0 N–H and O–H groups in total. The first-order valence-corrected chi connectivity index (χ1v) is 8.99. The number of para-hydroxylation sites is 1. The fourth-order valence-electron chi connectivity index (χ4n) is 3.47. The van der Waals surface area contributed by atoms with Crippen molar-refractivity contribution in [3.63, 3.8) is 0 Å². The Morgan fingerprint density at radius 2 is 2.08 bits per heavy atom. The van der Waals surface area contributed by atoms with Gasteiger partial charge in [0.15, 0.2) is 0 Å². The minimum absolute atomic E-state index is 0.499. The quantitative estimate of drug-likeness (QED) is 0.700. The van der Waals surface area contributed by atoms with Crippen molar-refractivity contribution >= 4 is 16.7 Å². The van der Waals surface area contributed by atoms with Crippen molar-refractivity contribution in [2.45, 2.75) is 38.8 Å². The number of benzene rings is 1. The molecule has 1 fully saturated rings. The second-order valence-electron chi connectivity index (χ2n) is 6.69. The van der Waals surface area contributed by atoms with E-state index in [1.54, 1.807) is 6.20 Å². The molecule has 1 aliphatic heterocycles. The molecule has 1 aliphatic rings. The molecule has 0 radical (unpaired) electrons. The van der Waals surface area contributed by atoms with E-state index in [4.69, 9.17) is 9.72 Å². The zero-order chi connectivity index (χ0) is 17.1. The SMILES string of the molecule is CC1CCCCN1c1ccc2cccc(OCc3cccnc3)c2n1. The van der Waals surface area contributed by atoms with Crippen molar-refractivity contribution in [2.24, 2.45) is 0 Å². The van der Waals surface area contributed by atoms with Crippen LogP contribution in [0.15, 0.2) is 54.9 Å². The number of fused-ring (bicyclic) bond motifs is 1. The van der Waals surface area contributed by atoms with Crippen molar-refractivity contribution in [3.05, 3.63) is 60.4 Å². The lowest BCUT2D eigenvalue weighted by Gasteiger charge is -2.34. The molecule has 3 aromatic rings. The first-order valence-electron chi connectivity index (χ1n) is 8.99. The van der Waals surface area contributed by atoms with Gasteiger partial charge in [0.1, 0.15) is 23.7 Å². The lowest BCUT2D eigenvalue weighted by atomic mass is 10.0. The highest BCUT2D eigenvalue weighted by atomic mass is 16.5. The zero-order valence-corrected chi connectivity index (χ0v) is 14.6. The highest BCUT2D eigenvalue weighted by Crippen LogP contribution is 2.29. The third kappa shape index (κ3) is 3.43. The number of hydrogen-bond acceptors (Lipinski definition) is 4. The van der Waals surface area contributed by atoms with Crippen LogP contribution in [0.4, 0.5) is 5.82 Å². The number of aromatic nitrogens is 2. The van der Waals surface area contributed by atoms with Gasteiger partial charge in [-0.05, 0) is 50.5 Å². The molecule has 0 saturated carbocycles. The fourth-order valence-corrected chi connectivity index (χ4v) is 3.47. The molecule has 1 saturated heterocycles. The topological polar surface area (TPSA) is 38.2 Å². The molecular weight excluding hydrogens is 310 g/mol. The Labute approximate surface area is 148 Å². The van der Waals surface area contributed by atoms with Crippen molar-refractivity contribution in [3.8, 4) is 5.75 Å². The standard InChI is InChI=1S/C21H23N3O/c1-16-6-2-3-13-24(16)20-11-10-18-8-4-9-19(21(18)23-20)25-15-17-7-5-12-22-14-17/h4-5,7-12,14,16H,2-3,6,13,15H2,1H3. The maximum Gasteiger partial charge on any atom is 0.146 e. The normalized spacial score (nSPS) is 17.6. The number of piperidine rings is 1. The van der Waals surface area contributed by atoms with Crippen LogP contribution in [0.25, 0.3) is 10.9 Å². The predicted octanol–water partition coefficient (Wildman–Crippen LogP) is 4.59. The lowest BCUT2D eigenvalue weighted by molar-refractivity contribution is 0.309. The van der Waals surface area contributed by atoms with Crippen LogP contribution < -0.4 is 9.64 Å². The van der Waals surface area contributed by atoms with E-state index >= 15 is 0 Å². The van der Waals surface area contributed by atoms with Crippen LogP contribution in [0.2, 0.25) is 0 Å². The zero-order valence-electron chi connectivity index (χ0n) is 14.6. The van der Waals surface area contributed by atoms with Crippen molar-refractivity contribution in [2.75, 3.05) is 11.4 Å². The summed E-state index contributed by atoms with van der Waals surface area (Å²) in [7, 11) is 0. The van der Waals surface area contributed by atoms with E-state index in [-0.39, 0.29) is 0 Å². The number of ether oxygens (including phenoxy) is 1. The van der Waals surface area contributed by atoms with E-state index in [1.165, 1.54) is 19.3 Å². The molecule has 0 aliphatic carbocycles. The molecule has 4 nitrogen and oxygen atoms in total. The van der Waals surface area contributed by atoms with Gasteiger partial charge in [0.05, 0.1) is 0 Å². The number of nitrogens with zero attached hydrogens (tertiary/aromatic N) is 3. The summed E-state index contributed by atoms with van der Waals surface area (Å²) in [4.78, 5) is 11.5. The van der Waals surface area contributed by atoms with Gasteiger partial charge in [0, 0.05) is 35.9 Å². The molecule has 1 aromatic carbocycles. The molecule has 3 heterocycles. The molecule has 128 valence electrons. The Morgan fingerprint density at radius 3 is 2.92 bits per heavy atom. The third-order valence-electron chi connectivity index (χ3n) is 4.88. The predicted molar refractivity (Wildman–Crippen MR) is 101 cm³/mol. The molecule has 25 heavy (non-hydrogen) atoms. The van der Waals surface area contributed by atoms with E-state index in [0.29, 0.717) is 12.6 Å². The van der Waals surface area contributed by atoms with Crippen LogP contribution in [0.1, 0.15) is 31.7 Å². The second-order valence-corrected chi connectivity index (χ2v) is 6.69. The Kier molecular flexibility index (Phi) is 4.51. The minimum Gasteiger partial charge on any atom is -0.487 e. The highest BCUT2D eigenvalue weighted by molar-refractivity contribution is 5.86. The van der Waals surface area contributed by atoms with E-state index in [9.17, 15) is 0 Å². The average molecular weight is 333 g/mol. The summed E-state index contributed by atoms with van der Waals surface area (Å²) < 4.78 is 6.05. The number of pyridine rings is 2. The first-order chi connectivity index (χ1) is 12.3. The highest BCUT2D eigenvalue weighted by Gasteiger charge is 2.20. The van der Waals surface area contributed by atoms with Crippen molar-refractivity contribution in [1.29, 1.82) is 0 Å². The Balaban J connectivity index is 1.63. The Bertz CT molecular complexity index is 850. The van der Waals surface area contributed by atoms with Crippen LogP contribution in [0, 0.1) is 0 Å². The van der Waals surface area contributed by atoms with Gasteiger partial charge in [-0.3, -0.25) is 4.98 Å². The Hall–Kier alpha value is -2.62. The summed E-state index contributed by atoms with van der Waals surface area (Å²) in [5.41, 5.74) is 1.99. The van der Waals surface area contributed by atoms with E-state index < -0.39 is 0 Å². The van der Waals surface area contributed by atoms with Gasteiger partial charge in [-0.2, -0.15) is 0 Å². The van der Waals surface area contributed by atoms with E-state index in [1.807, 2.05) is 30.5 Å². The molecule has 0 bridgehead atoms. The van der Waals surface area contributed by atoms with Crippen LogP contribution in [0.3, 0.4) is 0 Å². The van der Waals surface area contributed by atoms with Gasteiger partial charge < -0.3 is 9.64 Å². The van der Waals surface area contributed by atoms with Gasteiger partial charge in [0.2, 0.25) is 0 Å². The van der Waals surface area contributed by atoms with Crippen LogP contribution >= 0.6 is 0 Å². The van der Waals surface area contributed by atoms with Crippen LogP contribution in [-0.2, 0) is 6.61 Å². The van der Waals surface area contributed by atoms with Crippen molar-refractivity contribution in [1.82, 2.24) is 9.97 Å². The number of anilines is 1. The summed E-state index contributed by atoms with van der Waals surface area (Å²) in [6.45, 7) is 3.87. The largest absolute Gasteiger partial charge is 0.487 e. The van der Waals surface area contributed by atoms with Gasteiger partial charge in [-0.25, -0.2) is 4.98 Å². The maximum absolute atomic E-state index is 6.05. The molecular formula is C21H23N3O. The molecule has 4 rings (SSSR count). The molecule has 0 spiro atoms. The third-order valence-corrected chi connectivity index (χ3v) is 4.88. The summed E-state index contributed by atoms with van der Waals surface area (Å²) in [6, 6.07) is 14.9. The molecule has 2 aromatic heterocycles. The molecule has 1 atom stereocenters. The number of hydrogen-bond donors (Lipinski definition) is 0. The lowest BCUT2D eigenvalue weighted by Crippen LogP contribution is -2.37. The van der Waals surface area contributed by atoms with Gasteiger partial charge >= 0.3 is 0 Å². The fraction of sp³-hybridized carbons (Fsp3) is 0.333. The van der Waals surface area contributed by atoms with Gasteiger partial charge in [-0.1, -0.05) is 18.2 Å². The second kappa shape index (κ2) is 7.09. The van der Waals surface area contributed by atoms with E-state index in [0.717, 1.165) is 34.6 Å². The summed E-state index contributed by atoms with van der Waals surface area (Å²) in [5.74, 6) is 1.88. The maximum atomic E-state index is 6.05. The number of rotatable bonds is 4. The molecule has 0 amide bonds.